The number of hydrogen-bond donors (Lipinski definition) is 1. The van der Waals surface area contributed by atoms with Crippen molar-refractivity contribution >= 4 is 6.16 Å². The predicted molar refractivity (Wildman–Crippen MR) is 38.9 cm³/mol. The van der Waals surface area contributed by atoms with Gasteiger partial charge in [0.1, 0.15) is 0 Å². The van der Waals surface area contributed by atoms with E-state index in [1.807, 2.05) is 0 Å². The predicted octanol–water partition coefficient (Wildman–Crippen LogP) is 0.997. The molecule has 0 amide bonds. The zero-order valence-electron chi connectivity index (χ0n) is 6.79. The van der Waals surface area contributed by atoms with Crippen molar-refractivity contribution in [3.05, 3.63) is 0 Å². The van der Waals surface area contributed by atoms with E-state index in [1.54, 1.807) is 13.8 Å². The topological polar surface area (TPSA) is 61.5 Å². The maximum Gasteiger partial charge on any atom is 0.510 e. The number of rotatable bonds is 2. The molecule has 2 N–H and O–H groups in total. The van der Waals surface area contributed by atoms with Crippen molar-refractivity contribution < 1.29 is 14.3 Å². The van der Waals surface area contributed by atoms with Gasteiger partial charge in [-0.1, -0.05) is 0 Å². The molecule has 0 atom stereocenters. The van der Waals surface area contributed by atoms with Gasteiger partial charge in [0.05, 0.1) is 6.10 Å². The van der Waals surface area contributed by atoms with Gasteiger partial charge in [0, 0.05) is 12.8 Å². The van der Waals surface area contributed by atoms with Gasteiger partial charge in [-0.3, -0.25) is 5.73 Å². The molecular weight excluding hydrogens is 146 g/mol. The fourth-order valence-electron chi connectivity index (χ4n) is 0.608. The molecule has 1 aliphatic rings. The molecule has 0 aromatic heterocycles. The van der Waals surface area contributed by atoms with Crippen LogP contribution in [0.3, 0.4) is 0 Å². The van der Waals surface area contributed by atoms with Crippen LogP contribution in [0, 0.1) is 0 Å². The van der Waals surface area contributed by atoms with E-state index in [4.69, 9.17) is 15.2 Å². The highest BCUT2D eigenvalue weighted by molar-refractivity contribution is 5.61. The van der Waals surface area contributed by atoms with Gasteiger partial charge in [-0.2, -0.15) is 0 Å². The lowest BCUT2D eigenvalue weighted by Gasteiger charge is -2.12. The quantitative estimate of drug-likeness (QED) is 0.482. The third kappa shape index (κ3) is 2.76. The first-order valence-electron chi connectivity index (χ1n) is 3.70. The monoisotopic (exact) mass is 159 g/mol. The molecule has 11 heavy (non-hydrogen) atoms. The van der Waals surface area contributed by atoms with E-state index in [9.17, 15) is 4.79 Å². The minimum Gasteiger partial charge on any atom is -0.432 e. The van der Waals surface area contributed by atoms with Crippen molar-refractivity contribution in [1.82, 2.24) is 0 Å². The first-order chi connectivity index (χ1) is 5.02. The Labute approximate surface area is 65.7 Å². The molecule has 0 unspecified atom stereocenters. The van der Waals surface area contributed by atoms with Crippen molar-refractivity contribution in [1.29, 1.82) is 0 Å². The molecule has 0 aromatic carbocycles. The Kier molecular flexibility index (Phi) is 2.04. The summed E-state index contributed by atoms with van der Waals surface area (Å²) in [7, 11) is 0. The van der Waals surface area contributed by atoms with Crippen LogP contribution >= 0.6 is 0 Å². The molecule has 0 saturated heterocycles. The average molecular weight is 159 g/mol. The van der Waals surface area contributed by atoms with E-state index in [-0.39, 0.29) is 6.10 Å². The molecule has 4 heteroatoms. The van der Waals surface area contributed by atoms with Gasteiger partial charge in [-0.25, -0.2) is 4.79 Å². The Hall–Kier alpha value is -0.770. The van der Waals surface area contributed by atoms with Crippen LogP contribution in [0.1, 0.15) is 26.7 Å². The summed E-state index contributed by atoms with van der Waals surface area (Å²) in [5, 5.41) is 0. The average Bonchev–Trinajstić information content (AvgIpc) is 2.44. The minimum absolute atomic E-state index is 0.148. The summed E-state index contributed by atoms with van der Waals surface area (Å²) >= 11 is 0. The summed E-state index contributed by atoms with van der Waals surface area (Å²) in [5.41, 5.74) is 4.78. The van der Waals surface area contributed by atoms with Gasteiger partial charge in [-0.15, -0.1) is 0 Å². The van der Waals surface area contributed by atoms with Gasteiger partial charge in [0.2, 0.25) is 0 Å². The summed E-state index contributed by atoms with van der Waals surface area (Å²) in [6.45, 7) is 3.52. The number of hydrogen-bond acceptors (Lipinski definition) is 4. The molecule has 0 spiro atoms. The fraction of sp³-hybridized carbons (Fsp3) is 0.857. The summed E-state index contributed by atoms with van der Waals surface area (Å²) in [6.07, 6.45) is 0.658. The first kappa shape index (κ1) is 8.33. The Morgan fingerprint density at radius 2 is 2.09 bits per heavy atom. The first-order valence-corrected chi connectivity index (χ1v) is 3.70. The van der Waals surface area contributed by atoms with Crippen molar-refractivity contribution in [2.75, 3.05) is 0 Å². The highest BCUT2D eigenvalue weighted by atomic mass is 16.7. The maximum atomic E-state index is 10.8. The van der Waals surface area contributed by atoms with Crippen LogP contribution in [-0.2, 0) is 9.47 Å². The molecular formula is C7H13NO3. The maximum absolute atomic E-state index is 10.8. The summed E-state index contributed by atoms with van der Waals surface area (Å²) < 4.78 is 9.50. The van der Waals surface area contributed by atoms with Gasteiger partial charge in [0.25, 0.3) is 0 Å². The molecule has 1 saturated carbocycles. The second kappa shape index (κ2) is 2.70. The van der Waals surface area contributed by atoms with Gasteiger partial charge < -0.3 is 9.47 Å². The number of carbonyl (C=O) groups excluding carboxylic acids is 1. The van der Waals surface area contributed by atoms with E-state index in [1.165, 1.54) is 0 Å². The third-order valence-corrected chi connectivity index (χ3v) is 1.36. The third-order valence-electron chi connectivity index (χ3n) is 1.36. The van der Waals surface area contributed by atoms with Crippen molar-refractivity contribution in [2.45, 2.75) is 38.5 Å². The highest BCUT2D eigenvalue weighted by Gasteiger charge is 2.43. The van der Waals surface area contributed by atoms with Crippen molar-refractivity contribution in [2.24, 2.45) is 5.73 Å². The second-order valence-corrected chi connectivity index (χ2v) is 3.08. The van der Waals surface area contributed by atoms with Crippen LogP contribution < -0.4 is 5.73 Å². The van der Waals surface area contributed by atoms with Crippen molar-refractivity contribution in [3.8, 4) is 0 Å². The zero-order chi connectivity index (χ0) is 8.48. The van der Waals surface area contributed by atoms with Crippen LogP contribution in [0.2, 0.25) is 0 Å². The molecule has 1 fully saturated rings. The molecule has 0 bridgehead atoms. The normalized spacial score (nSPS) is 19.6. The molecule has 1 rings (SSSR count). The summed E-state index contributed by atoms with van der Waals surface area (Å²) in [6, 6.07) is 0. The van der Waals surface area contributed by atoms with E-state index in [0.717, 1.165) is 12.8 Å². The van der Waals surface area contributed by atoms with Crippen LogP contribution in [0.25, 0.3) is 0 Å². The number of nitrogens with two attached hydrogens (primary N) is 1. The number of ether oxygens (including phenoxy) is 2. The lowest BCUT2D eigenvalue weighted by Crippen LogP contribution is -2.30. The number of carbonyl (C=O) groups is 1. The highest BCUT2D eigenvalue weighted by Crippen LogP contribution is 2.33. The van der Waals surface area contributed by atoms with Crippen molar-refractivity contribution in [3.63, 3.8) is 0 Å². The van der Waals surface area contributed by atoms with Gasteiger partial charge in [-0.05, 0) is 13.8 Å². The van der Waals surface area contributed by atoms with Crippen LogP contribution in [-0.4, -0.2) is 18.0 Å². The summed E-state index contributed by atoms with van der Waals surface area (Å²) in [5.74, 6) is 0. The fourth-order valence-corrected chi connectivity index (χ4v) is 0.608. The summed E-state index contributed by atoms with van der Waals surface area (Å²) in [4.78, 5) is 10.8. The molecule has 0 aromatic rings. The van der Waals surface area contributed by atoms with E-state index in [2.05, 4.69) is 0 Å². The lowest BCUT2D eigenvalue weighted by molar-refractivity contribution is -0.000108. The van der Waals surface area contributed by atoms with E-state index in [0.29, 0.717) is 0 Å². The largest absolute Gasteiger partial charge is 0.510 e. The second-order valence-electron chi connectivity index (χ2n) is 3.08. The van der Waals surface area contributed by atoms with Crippen LogP contribution in [0.15, 0.2) is 0 Å². The molecule has 0 radical (unpaired) electrons. The Morgan fingerprint density at radius 3 is 2.45 bits per heavy atom. The van der Waals surface area contributed by atoms with Crippen LogP contribution in [0.4, 0.5) is 4.79 Å². The molecule has 1 aliphatic carbocycles. The Bertz CT molecular complexity index is 163. The smallest absolute Gasteiger partial charge is 0.432 e. The van der Waals surface area contributed by atoms with E-state index < -0.39 is 11.9 Å². The minimum atomic E-state index is -0.716. The lowest BCUT2D eigenvalue weighted by atomic mass is 10.5. The molecule has 64 valence electrons. The van der Waals surface area contributed by atoms with Gasteiger partial charge >= 0.3 is 6.16 Å². The standard InChI is InChI=1S/C7H13NO3/c1-5(2)10-6(9)11-7(8)3-4-7/h5H,3-4,8H2,1-2H3. The van der Waals surface area contributed by atoms with Gasteiger partial charge in [0.15, 0.2) is 5.72 Å². The Balaban J connectivity index is 2.21. The van der Waals surface area contributed by atoms with E-state index >= 15 is 0 Å². The SMILES string of the molecule is CC(C)OC(=O)OC1(N)CC1. The van der Waals surface area contributed by atoms with Crippen LogP contribution in [0.5, 0.6) is 0 Å². The zero-order valence-corrected chi connectivity index (χ0v) is 6.79. The Morgan fingerprint density at radius 1 is 1.55 bits per heavy atom. The molecule has 0 aliphatic heterocycles. The molecule has 0 heterocycles. The molecule has 4 nitrogen and oxygen atoms in total.